The number of hydrogen-bond donors (Lipinski definition) is 1. The lowest BCUT2D eigenvalue weighted by atomic mass is 10.0. The summed E-state index contributed by atoms with van der Waals surface area (Å²) in [5, 5.41) is 1.32. The number of esters is 1. The topological polar surface area (TPSA) is 74.3 Å². The number of anilines is 1. The number of nitrogens with two attached hydrogens (primary N) is 1. The van der Waals surface area contributed by atoms with Gasteiger partial charge in [-0.25, -0.2) is 0 Å². The molecule has 21 heavy (non-hydrogen) atoms. The Kier molecular flexibility index (Phi) is 4.31. The molecule has 2 aromatic rings. The van der Waals surface area contributed by atoms with Gasteiger partial charge in [0.05, 0.1) is 6.04 Å². The van der Waals surface area contributed by atoms with Crippen LogP contribution in [0.4, 0.5) is 5.69 Å². The molecule has 0 unspecified atom stereocenters. The zero-order valence-electron chi connectivity index (χ0n) is 12.5. The zero-order chi connectivity index (χ0) is 15.6. The number of carbonyl (C=O) groups is 1. The summed E-state index contributed by atoms with van der Waals surface area (Å²) in [5.41, 5.74) is 6.35. The van der Waals surface area contributed by atoms with Crippen LogP contribution < -0.4 is 11.3 Å². The molecular weight excluding hydrogens is 268 g/mol. The summed E-state index contributed by atoms with van der Waals surface area (Å²) in [6.07, 6.45) is 1.72. The first-order valence-electron chi connectivity index (χ1n) is 6.94. The molecule has 0 amide bonds. The van der Waals surface area contributed by atoms with Crippen LogP contribution in [0, 0.1) is 5.92 Å². The number of rotatable bonds is 4. The Morgan fingerprint density at radius 3 is 2.62 bits per heavy atom. The number of pyridine rings is 1. The van der Waals surface area contributed by atoms with E-state index in [9.17, 15) is 9.59 Å². The van der Waals surface area contributed by atoms with Crippen LogP contribution in [0.5, 0.6) is 0 Å². The molecule has 1 atom stereocenters. The zero-order valence-corrected chi connectivity index (χ0v) is 12.5. The van der Waals surface area contributed by atoms with Crippen molar-refractivity contribution in [3.8, 4) is 0 Å². The fourth-order valence-corrected chi connectivity index (χ4v) is 2.38. The molecule has 0 aliphatic heterocycles. The fraction of sp³-hybridized carbons (Fsp3) is 0.375. The third-order valence-electron chi connectivity index (χ3n) is 3.59. The van der Waals surface area contributed by atoms with E-state index in [0.29, 0.717) is 11.1 Å². The number of carbonyl (C=O) groups excluding carboxylic acids is 1. The van der Waals surface area contributed by atoms with Crippen LogP contribution in [0.3, 0.4) is 0 Å². The predicted octanol–water partition coefficient (Wildman–Crippen LogP) is 2.34. The maximum absolute atomic E-state index is 12.6. The average molecular weight is 288 g/mol. The lowest BCUT2D eigenvalue weighted by molar-refractivity contribution is -0.142. The Morgan fingerprint density at radius 1 is 1.29 bits per heavy atom. The van der Waals surface area contributed by atoms with Gasteiger partial charge in [0.25, 0.3) is 5.56 Å². The van der Waals surface area contributed by atoms with Crippen molar-refractivity contribution in [1.82, 2.24) is 4.57 Å². The molecule has 0 aliphatic carbocycles. The average Bonchev–Trinajstić information content (AvgIpc) is 2.41. The van der Waals surface area contributed by atoms with Crippen molar-refractivity contribution < 1.29 is 9.53 Å². The first kappa shape index (κ1) is 15.1. The molecule has 2 rings (SSSR count). The largest absolute Gasteiger partial charge is 0.464 e. The van der Waals surface area contributed by atoms with E-state index in [2.05, 4.69) is 0 Å². The molecule has 112 valence electrons. The van der Waals surface area contributed by atoms with E-state index >= 15 is 0 Å². The third kappa shape index (κ3) is 3.07. The monoisotopic (exact) mass is 288 g/mol. The van der Waals surface area contributed by atoms with Crippen molar-refractivity contribution in [2.24, 2.45) is 5.92 Å². The van der Waals surface area contributed by atoms with E-state index in [0.717, 1.165) is 5.39 Å². The fourth-order valence-electron chi connectivity index (χ4n) is 2.38. The Balaban J connectivity index is 2.51. The van der Waals surface area contributed by atoms with E-state index in [1.807, 2.05) is 19.9 Å². The minimum Gasteiger partial charge on any atom is -0.464 e. The van der Waals surface area contributed by atoms with Crippen molar-refractivity contribution in [2.75, 3.05) is 12.3 Å². The molecule has 5 nitrogen and oxygen atoms in total. The molecule has 5 heteroatoms. The lowest BCUT2D eigenvalue weighted by Crippen LogP contribution is -2.31. The summed E-state index contributed by atoms with van der Waals surface area (Å²) in [6.45, 7) is 5.52. The van der Waals surface area contributed by atoms with Crippen LogP contribution in [0.25, 0.3) is 10.8 Å². The molecule has 0 bridgehead atoms. The highest BCUT2D eigenvalue weighted by Gasteiger charge is 2.19. The minimum atomic E-state index is -0.348. The van der Waals surface area contributed by atoms with Gasteiger partial charge in [-0.15, -0.1) is 0 Å². The highest BCUT2D eigenvalue weighted by molar-refractivity contribution is 5.91. The number of fused-ring (bicyclic) bond motifs is 1. The van der Waals surface area contributed by atoms with Gasteiger partial charge in [-0.1, -0.05) is 19.9 Å². The summed E-state index contributed by atoms with van der Waals surface area (Å²) in [7, 11) is 0. The molecule has 0 fully saturated rings. The first-order valence-corrected chi connectivity index (χ1v) is 6.94. The molecule has 0 saturated carbocycles. The van der Waals surface area contributed by atoms with Gasteiger partial charge in [-0.2, -0.15) is 0 Å². The standard InChI is InChI=1S/C16H20N2O3/c1-10(2)15(9-21-11(3)19)18-8-7-12-13(16(18)20)5-4-6-14(12)17/h4-8,10,15H,9,17H2,1-3H3/t15-/m1/s1. The van der Waals surface area contributed by atoms with Gasteiger partial charge < -0.3 is 15.0 Å². The predicted molar refractivity (Wildman–Crippen MR) is 83.1 cm³/mol. The Labute approximate surface area is 123 Å². The maximum Gasteiger partial charge on any atom is 0.302 e. The van der Waals surface area contributed by atoms with E-state index in [1.165, 1.54) is 6.92 Å². The summed E-state index contributed by atoms with van der Waals surface area (Å²) < 4.78 is 6.71. The summed E-state index contributed by atoms with van der Waals surface area (Å²) in [4.78, 5) is 23.7. The van der Waals surface area contributed by atoms with Crippen molar-refractivity contribution in [2.45, 2.75) is 26.8 Å². The Hall–Kier alpha value is -2.30. The molecule has 0 spiro atoms. The highest BCUT2D eigenvalue weighted by atomic mass is 16.5. The second-order valence-corrected chi connectivity index (χ2v) is 5.45. The van der Waals surface area contributed by atoms with Gasteiger partial charge in [0.2, 0.25) is 0 Å². The second-order valence-electron chi connectivity index (χ2n) is 5.45. The molecule has 1 aromatic heterocycles. The van der Waals surface area contributed by atoms with Crippen molar-refractivity contribution in [3.05, 3.63) is 40.8 Å². The molecule has 0 aliphatic rings. The third-order valence-corrected chi connectivity index (χ3v) is 3.59. The Bertz CT molecular complexity index is 719. The number of nitrogen functional groups attached to an aromatic ring is 1. The van der Waals surface area contributed by atoms with E-state index in [4.69, 9.17) is 10.5 Å². The molecule has 0 saturated heterocycles. The van der Waals surface area contributed by atoms with Crippen molar-refractivity contribution in [1.29, 1.82) is 0 Å². The molecule has 1 aromatic carbocycles. The number of nitrogens with zero attached hydrogens (tertiary/aromatic N) is 1. The first-order chi connectivity index (χ1) is 9.91. The minimum absolute atomic E-state index is 0.120. The smallest absolute Gasteiger partial charge is 0.302 e. The van der Waals surface area contributed by atoms with Crippen LogP contribution in [-0.2, 0) is 9.53 Å². The van der Waals surface area contributed by atoms with Gasteiger partial charge in [0.15, 0.2) is 0 Å². The quantitative estimate of drug-likeness (QED) is 0.692. The molecule has 1 heterocycles. The highest BCUT2D eigenvalue weighted by Crippen LogP contribution is 2.21. The molecular formula is C16H20N2O3. The van der Waals surface area contributed by atoms with Crippen molar-refractivity contribution in [3.63, 3.8) is 0 Å². The molecule has 0 radical (unpaired) electrons. The van der Waals surface area contributed by atoms with Crippen LogP contribution in [-0.4, -0.2) is 17.1 Å². The van der Waals surface area contributed by atoms with Gasteiger partial charge in [0, 0.05) is 29.6 Å². The number of benzene rings is 1. The van der Waals surface area contributed by atoms with Crippen LogP contribution >= 0.6 is 0 Å². The normalized spacial score (nSPS) is 12.6. The summed E-state index contributed by atoms with van der Waals surface area (Å²) in [6, 6.07) is 6.92. The summed E-state index contributed by atoms with van der Waals surface area (Å²) in [5.74, 6) is -0.195. The van der Waals surface area contributed by atoms with Gasteiger partial charge in [-0.3, -0.25) is 9.59 Å². The SMILES string of the molecule is CC(=O)OC[C@H](C(C)C)n1ccc2c(N)cccc2c1=O. The van der Waals surface area contributed by atoms with Crippen LogP contribution in [0.2, 0.25) is 0 Å². The number of ether oxygens (including phenoxy) is 1. The van der Waals surface area contributed by atoms with E-state index in [1.54, 1.807) is 29.0 Å². The lowest BCUT2D eigenvalue weighted by Gasteiger charge is -2.23. The van der Waals surface area contributed by atoms with Gasteiger partial charge in [-0.05, 0) is 24.1 Å². The van der Waals surface area contributed by atoms with Crippen molar-refractivity contribution >= 4 is 22.4 Å². The second kappa shape index (κ2) is 5.99. The molecule has 2 N–H and O–H groups in total. The van der Waals surface area contributed by atoms with Gasteiger partial charge in [0.1, 0.15) is 6.61 Å². The van der Waals surface area contributed by atoms with E-state index < -0.39 is 0 Å². The number of hydrogen-bond acceptors (Lipinski definition) is 4. The number of aromatic nitrogens is 1. The van der Waals surface area contributed by atoms with E-state index in [-0.39, 0.29) is 30.1 Å². The van der Waals surface area contributed by atoms with Crippen LogP contribution in [0.1, 0.15) is 26.8 Å². The Morgan fingerprint density at radius 2 is 2.00 bits per heavy atom. The summed E-state index contributed by atoms with van der Waals surface area (Å²) >= 11 is 0. The van der Waals surface area contributed by atoms with Crippen LogP contribution in [0.15, 0.2) is 35.3 Å². The van der Waals surface area contributed by atoms with Gasteiger partial charge >= 0.3 is 5.97 Å². The maximum atomic E-state index is 12.6.